The van der Waals surface area contributed by atoms with Crippen molar-refractivity contribution < 1.29 is 14.7 Å². The van der Waals surface area contributed by atoms with Crippen LogP contribution < -0.4 is 5.32 Å². The minimum absolute atomic E-state index is 0.294. The molecule has 2 amide bonds. The van der Waals surface area contributed by atoms with E-state index in [1.165, 1.54) is 0 Å². The molecule has 0 atom stereocenters. The maximum Gasteiger partial charge on any atom is 0.329 e. The zero-order valence-electron chi connectivity index (χ0n) is 12.1. The Hall–Kier alpha value is -1.26. The van der Waals surface area contributed by atoms with E-state index in [4.69, 9.17) is 0 Å². The molecule has 0 aromatic heterocycles. The maximum absolute atomic E-state index is 12.1. The third-order valence-corrected chi connectivity index (χ3v) is 3.22. The van der Waals surface area contributed by atoms with Crippen LogP contribution in [-0.2, 0) is 4.79 Å². The van der Waals surface area contributed by atoms with Gasteiger partial charge in [-0.25, -0.2) is 9.59 Å². The number of carboxylic acid groups (broad SMARTS) is 1. The summed E-state index contributed by atoms with van der Waals surface area (Å²) in [5.41, 5.74) is -1.15. The average Bonchev–Trinajstić information content (AvgIpc) is 2.32. The van der Waals surface area contributed by atoms with Crippen LogP contribution in [0.4, 0.5) is 4.79 Å². The number of carboxylic acids is 1. The van der Waals surface area contributed by atoms with Gasteiger partial charge in [-0.1, -0.05) is 27.7 Å². The number of aliphatic carboxylic acids is 1. The predicted octanol–water partition coefficient (Wildman–Crippen LogP) is 2.32. The van der Waals surface area contributed by atoms with E-state index in [0.717, 1.165) is 0 Å². The van der Waals surface area contributed by atoms with E-state index >= 15 is 0 Å². The second-order valence-electron chi connectivity index (χ2n) is 4.96. The van der Waals surface area contributed by atoms with Crippen molar-refractivity contribution in [1.29, 1.82) is 0 Å². The van der Waals surface area contributed by atoms with Crippen LogP contribution >= 0.6 is 0 Å². The minimum atomic E-state index is -1.15. The fraction of sp³-hybridized carbons (Fsp3) is 0.846. The van der Waals surface area contributed by atoms with Gasteiger partial charge in [-0.05, 0) is 25.7 Å². The number of nitrogens with zero attached hydrogens (tertiary/aromatic N) is 1. The first-order valence-corrected chi connectivity index (χ1v) is 6.63. The molecule has 0 heterocycles. The van der Waals surface area contributed by atoms with Gasteiger partial charge in [-0.15, -0.1) is 0 Å². The number of hydrogen-bond donors (Lipinski definition) is 2. The SMILES string of the molecule is CCN(CC(C)C)C(=O)NC(CC)(CC)C(=O)O. The van der Waals surface area contributed by atoms with E-state index in [1.807, 2.05) is 20.8 Å². The van der Waals surface area contributed by atoms with E-state index in [0.29, 0.717) is 31.8 Å². The first-order valence-electron chi connectivity index (χ1n) is 6.63. The van der Waals surface area contributed by atoms with Gasteiger partial charge in [0, 0.05) is 13.1 Å². The second kappa shape index (κ2) is 7.24. The molecule has 0 aromatic rings. The number of rotatable bonds is 7. The summed E-state index contributed by atoms with van der Waals surface area (Å²) >= 11 is 0. The highest BCUT2D eigenvalue weighted by molar-refractivity contribution is 5.86. The standard InChI is InChI=1S/C13H26N2O3/c1-6-13(7-2,11(16)17)14-12(18)15(8-3)9-10(4)5/h10H,6-9H2,1-5H3,(H,14,18)(H,16,17). The second-order valence-corrected chi connectivity index (χ2v) is 4.96. The van der Waals surface area contributed by atoms with E-state index in [2.05, 4.69) is 5.32 Å². The molecule has 0 unspecified atom stereocenters. The summed E-state index contributed by atoms with van der Waals surface area (Å²) < 4.78 is 0. The van der Waals surface area contributed by atoms with Crippen molar-refractivity contribution in [1.82, 2.24) is 10.2 Å². The Kier molecular flexibility index (Phi) is 6.73. The van der Waals surface area contributed by atoms with Crippen LogP contribution in [0.2, 0.25) is 0 Å². The lowest BCUT2D eigenvalue weighted by Crippen LogP contribution is -2.57. The van der Waals surface area contributed by atoms with Gasteiger partial charge >= 0.3 is 12.0 Å². The van der Waals surface area contributed by atoms with E-state index in [1.54, 1.807) is 18.7 Å². The topological polar surface area (TPSA) is 69.6 Å². The fourth-order valence-electron chi connectivity index (χ4n) is 1.86. The number of carbonyl (C=O) groups excluding carboxylic acids is 1. The summed E-state index contributed by atoms with van der Waals surface area (Å²) in [7, 11) is 0. The lowest BCUT2D eigenvalue weighted by atomic mass is 9.93. The number of nitrogens with one attached hydrogen (secondary N) is 1. The van der Waals surface area contributed by atoms with Crippen molar-refractivity contribution in [2.45, 2.75) is 53.0 Å². The van der Waals surface area contributed by atoms with Crippen LogP contribution in [0.25, 0.3) is 0 Å². The molecule has 5 nitrogen and oxygen atoms in total. The van der Waals surface area contributed by atoms with Gasteiger partial charge in [0.2, 0.25) is 0 Å². The third-order valence-electron chi connectivity index (χ3n) is 3.22. The van der Waals surface area contributed by atoms with Crippen molar-refractivity contribution >= 4 is 12.0 Å². The van der Waals surface area contributed by atoms with E-state index in [-0.39, 0.29) is 6.03 Å². The summed E-state index contributed by atoms with van der Waals surface area (Å²) in [4.78, 5) is 25.1. The van der Waals surface area contributed by atoms with Gasteiger partial charge in [0.1, 0.15) is 5.54 Å². The van der Waals surface area contributed by atoms with E-state index in [9.17, 15) is 14.7 Å². The number of hydrogen-bond acceptors (Lipinski definition) is 2. The van der Waals surface area contributed by atoms with Crippen LogP contribution in [0.5, 0.6) is 0 Å². The molecule has 18 heavy (non-hydrogen) atoms. The molecular formula is C13H26N2O3. The molecule has 0 aliphatic carbocycles. The average molecular weight is 258 g/mol. The molecule has 2 N–H and O–H groups in total. The van der Waals surface area contributed by atoms with Gasteiger partial charge in [-0.3, -0.25) is 0 Å². The summed E-state index contributed by atoms with van der Waals surface area (Å²) in [6.07, 6.45) is 0.758. The summed E-state index contributed by atoms with van der Waals surface area (Å²) in [5, 5.41) is 11.9. The number of carbonyl (C=O) groups is 2. The lowest BCUT2D eigenvalue weighted by Gasteiger charge is -2.32. The van der Waals surface area contributed by atoms with Crippen LogP contribution in [-0.4, -0.2) is 40.6 Å². The molecule has 5 heteroatoms. The predicted molar refractivity (Wildman–Crippen MR) is 71.6 cm³/mol. The molecule has 0 aliphatic heterocycles. The molecule has 0 spiro atoms. The first-order chi connectivity index (χ1) is 8.32. The van der Waals surface area contributed by atoms with Gasteiger partial charge in [0.15, 0.2) is 0 Å². The molecule has 0 aromatic carbocycles. The Balaban J connectivity index is 4.82. The zero-order valence-corrected chi connectivity index (χ0v) is 12.1. The molecule has 0 saturated heterocycles. The minimum Gasteiger partial charge on any atom is -0.480 e. The van der Waals surface area contributed by atoms with Crippen LogP contribution in [0.15, 0.2) is 0 Å². The van der Waals surface area contributed by atoms with Crippen molar-refractivity contribution in [3.05, 3.63) is 0 Å². The van der Waals surface area contributed by atoms with Gasteiger partial charge in [0.25, 0.3) is 0 Å². The summed E-state index contributed by atoms with van der Waals surface area (Å²) in [6, 6.07) is -0.294. The molecule has 106 valence electrons. The zero-order chi connectivity index (χ0) is 14.3. The monoisotopic (exact) mass is 258 g/mol. The van der Waals surface area contributed by atoms with Crippen LogP contribution in [0, 0.1) is 5.92 Å². The Morgan fingerprint density at radius 1 is 1.22 bits per heavy atom. The largest absolute Gasteiger partial charge is 0.480 e. The molecule has 0 saturated carbocycles. The quantitative estimate of drug-likeness (QED) is 0.736. The van der Waals surface area contributed by atoms with Gasteiger partial charge < -0.3 is 15.3 Å². The molecule has 0 radical (unpaired) electrons. The third kappa shape index (κ3) is 4.20. The highest BCUT2D eigenvalue weighted by Gasteiger charge is 2.37. The van der Waals surface area contributed by atoms with Crippen LogP contribution in [0.3, 0.4) is 0 Å². The van der Waals surface area contributed by atoms with Crippen molar-refractivity contribution in [3.8, 4) is 0 Å². The Morgan fingerprint density at radius 2 is 1.72 bits per heavy atom. The first kappa shape index (κ1) is 16.7. The van der Waals surface area contributed by atoms with Crippen molar-refractivity contribution in [3.63, 3.8) is 0 Å². The molecular weight excluding hydrogens is 232 g/mol. The Morgan fingerprint density at radius 3 is 2.00 bits per heavy atom. The van der Waals surface area contributed by atoms with Gasteiger partial charge in [-0.2, -0.15) is 0 Å². The Bertz CT molecular complexity index is 286. The summed E-state index contributed by atoms with van der Waals surface area (Å²) in [5.74, 6) is -0.611. The molecule has 0 bridgehead atoms. The summed E-state index contributed by atoms with van der Waals surface area (Å²) in [6.45, 7) is 10.7. The normalized spacial score (nSPS) is 11.4. The molecule has 0 aliphatic rings. The molecule has 0 rings (SSSR count). The smallest absolute Gasteiger partial charge is 0.329 e. The van der Waals surface area contributed by atoms with E-state index < -0.39 is 11.5 Å². The fourth-order valence-corrected chi connectivity index (χ4v) is 1.86. The maximum atomic E-state index is 12.1. The molecule has 0 fully saturated rings. The highest BCUT2D eigenvalue weighted by atomic mass is 16.4. The Labute approximate surface area is 110 Å². The number of urea groups is 1. The highest BCUT2D eigenvalue weighted by Crippen LogP contribution is 2.16. The van der Waals surface area contributed by atoms with Crippen molar-refractivity contribution in [2.75, 3.05) is 13.1 Å². The van der Waals surface area contributed by atoms with Gasteiger partial charge in [0.05, 0.1) is 0 Å². The lowest BCUT2D eigenvalue weighted by molar-refractivity contribution is -0.144. The van der Waals surface area contributed by atoms with Crippen LogP contribution in [0.1, 0.15) is 47.5 Å². The number of amides is 2. The van der Waals surface area contributed by atoms with Crippen molar-refractivity contribution in [2.24, 2.45) is 5.92 Å².